The summed E-state index contributed by atoms with van der Waals surface area (Å²) in [4.78, 5) is 32.8. The number of ether oxygens (including phenoxy) is 1. The second-order valence-electron chi connectivity index (χ2n) is 8.46. The fraction of sp³-hybridized carbons (Fsp3) is 0.375. The third-order valence-electron chi connectivity index (χ3n) is 6.47. The number of amides is 1. The van der Waals surface area contributed by atoms with Gasteiger partial charge >= 0.3 is 5.97 Å². The lowest BCUT2D eigenvalue weighted by Gasteiger charge is -2.44. The number of hydrogen-bond acceptors (Lipinski definition) is 5. The number of aromatic carboxylic acids is 1. The quantitative estimate of drug-likeness (QED) is 0.647. The van der Waals surface area contributed by atoms with E-state index in [1.807, 2.05) is 36.9 Å². The molecule has 0 atom stereocenters. The van der Waals surface area contributed by atoms with Crippen LogP contribution in [0.1, 0.15) is 54.6 Å². The molecule has 6 nitrogen and oxygen atoms in total. The maximum atomic E-state index is 13.3. The summed E-state index contributed by atoms with van der Waals surface area (Å²) in [6.45, 7) is 5.65. The summed E-state index contributed by atoms with van der Waals surface area (Å²) in [6, 6.07) is 9.79. The predicted octanol–water partition coefficient (Wildman–Crippen LogP) is 4.32. The first-order valence-electron chi connectivity index (χ1n) is 10.5. The SMILES string of the molecule is Cc1ccc2nc(C)c(C(=O)N3CCC4(CC3)OCCc3sc(C(=O)O)cc34)cc2c1. The van der Waals surface area contributed by atoms with Crippen LogP contribution in [0.15, 0.2) is 30.3 Å². The molecule has 160 valence electrons. The zero-order valence-corrected chi connectivity index (χ0v) is 18.4. The third-order valence-corrected chi connectivity index (χ3v) is 7.65. The number of carbonyl (C=O) groups is 2. The number of carbonyl (C=O) groups excluding carboxylic acids is 1. The topological polar surface area (TPSA) is 79.7 Å². The van der Waals surface area contributed by atoms with E-state index < -0.39 is 11.6 Å². The molecule has 0 saturated carbocycles. The lowest BCUT2D eigenvalue weighted by molar-refractivity contribution is -0.0926. The van der Waals surface area contributed by atoms with Crippen LogP contribution in [0.3, 0.4) is 0 Å². The number of pyridine rings is 1. The van der Waals surface area contributed by atoms with Gasteiger partial charge in [-0.2, -0.15) is 0 Å². The highest BCUT2D eigenvalue weighted by Gasteiger charge is 2.43. The lowest BCUT2D eigenvalue weighted by Crippen LogP contribution is -2.48. The van der Waals surface area contributed by atoms with E-state index in [2.05, 4.69) is 11.1 Å². The van der Waals surface area contributed by atoms with Crippen LogP contribution >= 0.6 is 11.3 Å². The molecule has 0 radical (unpaired) electrons. The number of hydrogen-bond donors (Lipinski definition) is 1. The van der Waals surface area contributed by atoms with Crippen molar-refractivity contribution in [3.05, 3.63) is 62.5 Å². The molecule has 0 unspecified atom stereocenters. The van der Waals surface area contributed by atoms with Crippen LogP contribution in [0.5, 0.6) is 0 Å². The van der Waals surface area contributed by atoms with Crippen LogP contribution < -0.4 is 0 Å². The fourth-order valence-electron chi connectivity index (χ4n) is 4.79. The summed E-state index contributed by atoms with van der Waals surface area (Å²) in [5.74, 6) is -0.896. The molecule has 1 N–H and O–H groups in total. The molecule has 5 rings (SSSR count). The van der Waals surface area contributed by atoms with E-state index in [1.165, 1.54) is 11.3 Å². The first-order chi connectivity index (χ1) is 14.9. The molecule has 1 fully saturated rings. The molecule has 1 saturated heterocycles. The monoisotopic (exact) mass is 436 g/mol. The number of rotatable bonds is 2. The molecule has 1 spiro atoms. The van der Waals surface area contributed by atoms with Gasteiger partial charge in [0.1, 0.15) is 4.88 Å². The zero-order chi connectivity index (χ0) is 21.8. The van der Waals surface area contributed by atoms with Crippen molar-refractivity contribution in [2.45, 2.75) is 38.7 Å². The van der Waals surface area contributed by atoms with Gasteiger partial charge < -0.3 is 14.7 Å². The molecule has 31 heavy (non-hydrogen) atoms. The van der Waals surface area contributed by atoms with Crippen molar-refractivity contribution in [3.63, 3.8) is 0 Å². The van der Waals surface area contributed by atoms with E-state index in [9.17, 15) is 14.7 Å². The molecule has 3 aromatic rings. The average Bonchev–Trinajstić information content (AvgIpc) is 3.20. The molecular weight excluding hydrogens is 412 g/mol. The highest BCUT2D eigenvalue weighted by Crippen LogP contribution is 2.44. The summed E-state index contributed by atoms with van der Waals surface area (Å²) in [7, 11) is 0. The molecule has 2 aromatic heterocycles. The van der Waals surface area contributed by atoms with Gasteiger partial charge in [-0.25, -0.2) is 4.79 Å². The van der Waals surface area contributed by atoms with Crippen molar-refractivity contribution in [3.8, 4) is 0 Å². The van der Waals surface area contributed by atoms with Crippen LogP contribution in [0.2, 0.25) is 0 Å². The molecule has 1 amide bonds. The van der Waals surface area contributed by atoms with Gasteiger partial charge in [-0.1, -0.05) is 11.6 Å². The molecule has 7 heteroatoms. The average molecular weight is 437 g/mol. The number of carboxylic acids is 1. The first-order valence-corrected chi connectivity index (χ1v) is 11.4. The van der Waals surface area contributed by atoms with Gasteiger partial charge in [-0.15, -0.1) is 11.3 Å². The van der Waals surface area contributed by atoms with Gasteiger partial charge in [-0.3, -0.25) is 9.78 Å². The number of carboxylic acid groups (broad SMARTS) is 1. The number of aromatic nitrogens is 1. The van der Waals surface area contributed by atoms with Gasteiger partial charge in [0.15, 0.2) is 0 Å². The first kappa shape index (κ1) is 20.2. The normalized spacial score (nSPS) is 17.7. The standard InChI is InChI=1S/C24H24N2O4S/c1-14-3-4-19-16(11-14)12-17(15(2)25-19)22(27)26-8-6-24(7-9-26)18-13-21(23(28)29)31-20(18)5-10-30-24/h3-4,11-13H,5-10H2,1-2H3,(H,28,29). The van der Waals surface area contributed by atoms with Crippen molar-refractivity contribution in [1.82, 2.24) is 9.88 Å². The Kier molecular flexibility index (Phi) is 4.83. The van der Waals surface area contributed by atoms with Gasteiger partial charge in [-0.05, 0) is 56.5 Å². The minimum atomic E-state index is -0.892. The van der Waals surface area contributed by atoms with E-state index in [1.54, 1.807) is 6.07 Å². The molecule has 2 aliphatic rings. The third kappa shape index (κ3) is 3.42. The number of nitrogens with zero attached hydrogens (tertiary/aromatic N) is 2. The van der Waals surface area contributed by atoms with E-state index in [0.29, 0.717) is 43.0 Å². The molecular formula is C24H24N2O4S. The zero-order valence-electron chi connectivity index (χ0n) is 17.6. The second-order valence-corrected chi connectivity index (χ2v) is 9.59. The molecule has 1 aromatic carbocycles. The molecule has 4 heterocycles. The highest BCUT2D eigenvalue weighted by atomic mass is 32.1. The number of piperidine rings is 1. The smallest absolute Gasteiger partial charge is 0.345 e. The minimum Gasteiger partial charge on any atom is -0.477 e. The summed E-state index contributed by atoms with van der Waals surface area (Å²) < 4.78 is 6.22. The molecule has 0 bridgehead atoms. The summed E-state index contributed by atoms with van der Waals surface area (Å²) in [6.07, 6.45) is 2.08. The second kappa shape index (κ2) is 7.43. The summed E-state index contributed by atoms with van der Waals surface area (Å²) in [5.41, 5.74) is 3.94. The van der Waals surface area contributed by atoms with Gasteiger partial charge in [0, 0.05) is 29.8 Å². The fourth-order valence-corrected chi connectivity index (χ4v) is 5.86. The minimum absolute atomic E-state index is 0.00386. The Morgan fingerprint density at radius 1 is 1.16 bits per heavy atom. The largest absolute Gasteiger partial charge is 0.477 e. The van der Waals surface area contributed by atoms with E-state index >= 15 is 0 Å². The Bertz CT molecular complexity index is 1210. The maximum Gasteiger partial charge on any atom is 0.345 e. The van der Waals surface area contributed by atoms with Gasteiger partial charge in [0.2, 0.25) is 0 Å². The van der Waals surface area contributed by atoms with Crippen molar-refractivity contribution in [2.75, 3.05) is 19.7 Å². The van der Waals surface area contributed by atoms with Gasteiger partial charge in [0.05, 0.1) is 29.0 Å². The highest BCUT2D eigenvalue weighted by molar-refractivity contribution is 7.14. The summed E-state index contributed by atoms with van der Waals surface area (Å²) >= 11 is 1.35. The van der Waals surface area contributed by atoms with Crippen molar-refractivity contribution < 1.29 is 19.4 Å². The number of aryl methyl sites for hydroxylation is 2. The Labute approximate surface area is 184 Å². The van der Waals surface area contributed by atoms with E-state index in [4.69, 9.17) is 4.74 Å². The Balaban J connectivity index is 1.39. The van der Waals surface area contributed by atoms with Crippen LogP contribution in [-0.4, -0.2) is 46.6 Å². The van der Waals surface area contributed by atoms with Crippen molar-refractivity contribution in [2.24, 2.45) is 0 Å². The lowest BCUT2D eigenvalue weighted by atomic mass is 9.82. The Morgan fingerprint density at radius 2 is 1.94 bits per heavy atom. The summed E-state index contributed by atoms with van der Waals surface area (Å²) in [5, 5.41) is 10.4. The Morgan fingerprint density at radius 3 is 2.68 bits per heavy atom. The van der Waals surface area contributed by atoms with E-state index in [0.717, 1.165) is 39.0 Å². The van der Waals surface area contributed by atoms with Crippen LogP contribution in [0.25, 0.3) is 10.9 Å². The van der Waals surface area contributed by atoms with Crippen LogP contribution in [-0.2, 0) is 16.8 Å². The maximum absolute atomic E-state index is 13.3. The van der Waals surface area contributed by atoms with Crippen molar-refractivity contribution >= 4 is 34.1 Å². The van der Waals surface area contributed by atoms with Crippen LogP contribution in [0.4, 0.5) is 0 Å². The van der Waals surface area contributed by atoms with Crippen LogP contribution in [0, 0.1) is 13.8 Å². The molecule has 2 aliphatic heterocycles. The number of thiophene rings is 1. The number of fused-ring (bicyclic) bond motifs is 3. The van der Waals surface area contributed by atoms with Gasteiger partial charge in [0.25, 0.3) is 5.91 Å². The number of benzene rings is 1. The van der Waals surface area contributed by atoms with Crippen molar-refractivity contribution in [1.29, 1.82) is 0 Å². The predicted molar refractivity (Wildman–Crippen MR) is 119 cm³/mol. The molecule has 0 aliphatic carbocycles. The van der Waals surface area contributed by atoms with E-state index in [-0.39, 0.29) is 5.91 Å². The number of likely N-dealkylation sites (tertiary alicyclic amines) is 1. The Hall–Kier alpha value is -2.77.